The molecule has 144 valence electrons. The quantitative estimate of drug-likeness (QED) is 0.824. The van der Waals surface area contributed by atoms with Crippen LogP contribution in [0.25, 0.3) is 0 Å². The van der Waals surface area contributed by atoms with Crippen LogP contribution in [-0.2, 0) is 4.79 Å². The molecule has 6 nitrogen and oxygen atoms in total. The maximum Gasteiger partial charge on any atom is 0.265 e. The first-order chi connectivity index (χ1) is 12.8. The molecule has 1 aromatic carbocycles. The fourth-order valence-electron chi connectivity index (χ4n) is 3.37. The van der Waals surface area contributed by atoms with Crippen molar-refractivity contribution in [1.29, 1.82) is 0 Å². The van der Waals surface area contributed by atoms with Gasteiger partial charge in [-0.05, 0) is 38.1 Å². The summed E-state index contributed by atoms with van der Waals surface area (Å²) in [5.74, 6) is 0.0825. The molecular weight excluding hydrogens is 386 g/mol. The zero-order valence-corrected chi connectivity index (χ0v) is 16.8. The second-order valence-corrected chi connectivity index (χ2v) is 8.37. The minimum absolute atomic E-state index is 0.0440. The predicted octanol–water partition coefficient (Wildman–Crippen LogP) is 3.20. The second-order valence-electron chi connectivity index (χ2n) is 6.73. The Morgan fingerprint density at radius 3 is 2.63 bits per heavy atom. The molecule has 0 saturated carbocycles. The van der Waals surface area contributed by atoms with Gasteiger partial charge in [-0.1, -0.05) is 11.6 Å². The highest BCUT2D eigenvalue weighted by Crippen LogP contribution is 2.28. The van der Waals surface area contributed by atoms with Crippen molar-refractivity contribution in [3.05, 3.63) is 44.9 Å². The van der Waals surface area contributed by atoms with Crippen molar-refractivity contribution in [1.82, 2.24) is 9.88 Å². The highest BCUT2D eigenvalue weighted by atomic mass is 35.5. The van der Waals surface area contributed by atoms with E-state index in [0.29, 0.717) is 35.2 Å². The molecule has 2 heterocycles. The topological polar surface area (TPSA) is 85.5 Å². The van der Waals surface area contributed by atoms with Gasteiger partial charge in [-0.3, -0.25) is 9.59 Å². The normalized spacial score (nSPS) is 19.7. The Hall–Kier alpha value is -2.12. The number of thiazole rings is 1. The summed E-state index contributed by atoms with van der Waals surface area (Å²) in [6.07, 6.45) is 0.610. The number of nitrogens with zero attached hydrogens (tertiary/aromatic N) is 2. The van der Waals surface area contributed by atoms with Gasteiger partial charge in [0.15, 0.2) is 0 Å². The van der Waals surface area contributed by atoms with E-state index in [2.05, 4.69) is 4.98 Å². The molecule has 27 heavy (non-hydrogen) atoms. The van der Waals surface area contributed by atoms with Gasteiger partial charge < -0.3 is 15.4 Å². The van der Waals surface area contributed by atoms with Gasteiger partial charge in [0.1, 0.15) is 16.7 Å². The third kappa shape index (κ3) is 4.78. The van der Waals surface area contributed by atoms with E-state index in [-0.39, 0.29) is 24.3 Å². The Bertz CT molecular complexity index is 837. The average molecular weight is 408 g/mol. The zero-order chi connectivity index (χ0) is 19.6. The minimum atomic E-state index is -0.399. The molecule has 2 aromatic rings. The first kappa shape index (κ1) is 19.6. The van der Waals surface area contributed by atoms with Gasteiger partial charge in [-0.2, -0.15) is 0 Å². The lowest BCUT2D eigenvalue weighted by atomic mass is 9.91. The van der Waals surface area contributed by atoms with Crippen LogP contribution in [0.2, 0.25) is 5.02 Å². The van der Waals surface area contributed by atoms with Crippen LogP contribution in [0.5, 0.6) is 5.75 Å². The van der Waals surface area contributed by atoms with Crippen LogP contribution in [0.4, 0.5) is 0 Å². The van der Waals surface area contributed by atoms with Gasteiger partial charge in [-0.15, -0.1) is 11.3 Å². The van der Waals surface area contributed by atoms with Crippen LogP contribution in [0.3, 0.4) is 0 Å². The summed E-state index contributed by atoms with van der Waals surface area (Å²) in [5.41, 5.74) is 6.18. The van der Waals surface area contributed by atoms with Gasteiger partial charge in [0, 0.05) is 36.9 Å². The van der Waals surface area contributed by atoms with Crippen molar-refractivity contribution in [3.8, 4) is 5.75 Å². The molecule has 3 rings (SSSR count). The van der Waals surface area contributed by atoms with Crippen LogP contribution in [-0.4, -0.2) is 40.9 Å². The Balaban J connectivity index is 1.73. The number of amides is 2. The number of rotatable bonds is 5. The molecule has 2 atom stereocenters. The van der Waals surface area contributed by atoms with Crippen LogP contribution < -0.4 is 10.5 Å². The molecule has 1 aliphatic rings. The number of hydrogen-bond donors (Lipinski definition) is 1. The van der Waals surface area contributed by atoms with Crippen LogP contribution in [0.15, 0.2) is 24.3 Å². The average Bonchev–Trinajstić information content (AvgIpc) is 2.95. The lowest BCUT2D eigenvalue weighted by molar-refractivity contribution is -0.120. The monoisotopic (exact) mass is 407 g/mol. The number of aromatic nitrogens is 1. The summed E-state index contributed by atoms with van der Waals surface area (Å²) in [5, 5.41) is 1.50. The summed E-state index contributed by atoms with van der Waals surface area (Å²) < 4.78 is 6.07. The van der Waals surface area contributed by atoms with Gasteiger partial charge in [0.05, 0.1) is 10.7 Å². The molecule has 8 heteroatoms. The Labute approximate surface area is 167 Å². The van der Waals surface area contributed by atoms with E-state index in [1.54, 1.807) is 29.2 Å². The minimum Gasteiger partial charge on any atom is -0.490 e. The number of halogens is 1. The summed E-state index contributed by atoms with van der Waals surface area (Å²) in [6, 6.07) is 7.11. The number of hydrogen-bond acceptors (Lipinski definition) is 5. The van der Waals surface area contributed by atoms with E-state index in [4.69, 9.17) is 22.1 Å². The lowest BCUT2D eigenvalue weighted by Crippen LogP contribution is -2.49. The molecule has 0 aliphatic carbocycles. The van der Waals surface area contributed by atoms with Gasteiger partial charge >= 0.3 is 0 Å². The lowest BCUT2D eigenvalue weighted by Gasteiger charge is -2.38. The van der Waals surface area contributed by atoms with Gasteiger partial charge in [0.25, 0.3) is 5.91 Å². The Morgan fingerprint density at radius 2 is 2.04 bits per heavy atom. The largest absolute Gasteiger partial charge is 0.490 e. The number of nitrogens with two attached hydrogens (primary N) is 1. The summed E-state index contributed by atoms with van der Waals surface area (Å²) >= 11 is 7.31. The van der Waals surface area contributed by atoms with Crippen molar-refractivity contribution in [2.45, 2.75) is 32.8 Å². The number of primary amides is 1. The predicted molar refractivity (Wildman–Crippen MR) is 105 cm³/mol. The standard InChI is InChI=1S/C19H22ClN3O3S/c1-11-18(27-12(2)22-11)19(25)23-8-7-16(13(10-23)9-17(21)24)26-15-5-3-14(20)4-6-15/h3-6,13,16H,7-10H2,1-2H3,(H2,21,24)/t13-,16-/m0/s1. The zero-order valence-electron chi connectivity index (χ0n) is 15.3. The first-order valence-corrected chi connectivity index (χ1v) is 9.96. The molecule has 0 bridgehead atoms. The second kappa shape index (κ2) is 8.27. The summed E-state index contributed by atoms with van der Waals surface area (Å²) in [6.45, 7) is 4.71. The molecule has 1 aliphatic heterocycles. The van der Waals surface area contributed by atoms with Gasteiger partial charge in [-0.25, -0.2) is 4.98 Å². The molecular formula is C19H22ClN3O3S. The smallest absolute Gasteiger partial charge is 0.265 e. The highest BCUT2D eigenvalue weighted by molar-refractivity contribution is 7.13. The Morgan fingerprint density at radius 1 is 1.33 bits per heavy atom. The van der Waals surface area contributed by atoms with E-state index in [0.717, 1.165) is 10.7 Å². The first-order valence-electron chi connectivity index (χ1n) is 8.77. The number of piperidine rings is 1. The van der Waals surface area contributed by atoms with E-state index in [1.807, 2.05) is 13.8 Å². The number of carbonyl (C=O) groups excluding carboxylic acids is 2. The highest BCUT2D eigenvalue weighted by Gasteiger charge is 2.35. The SMILES string of the molecule is Cc1nc(C)c(C(=O)N2CC[C@H](Oc3ccc(Cl)cc3)[C@@H](CC(N)=O)C2)s1. The molecule has 0 unspecified atom stereocenters. The molecule has 2 N–H and O–H groups in total. The molecule has 1 saturated heterocycles. The molecule has 0 spiro atoms. The van der Waals surface area contributed by atoms with Crippen molar-refractivity contribution in [3.63, 3.8) is 0 Å². The van der Waals surface area contributed by atoms with Crippen LogP contribution in [0.1, 0.15) is 33.2 Å². The molecule has 1 aromatic heterocycles. The third-order valence-electron chi connectivity index (χ3n) is 4.61. The van der Waals surface area contributed by atoms with Crippen molar-refractivity contribution in [2.24, 2.45) is 11.7 Å². The van der Waals surface area contributed by atoms with E-state index in [1.165, 1.54) is 11.3 Å². The number of carbonyl (C=O) groups is 2. The Kier molecular flexibility index (Phi) is 6.01. The van der Waals surface area contributed by atoms with E-state index >= 15 is 0 Å². The van der Waals surface area contributed by atoms with Gasteiger partial charge in [0.2, 0.25) is 5.91 Å². The maximum atomic E-state index is 12.9. The van der Waals surface area contributed by atoms with Crippen LogP contribution in [0, 0.1) is 19.8 Å². The van der Waals surface area contributed by atoms with Crippen molar-refractivity contribution >= 4 is 34.8 Å². The van der Waals surface area contributed by atoms with Crippen LogP contribution >= 0.6 is 22.9 Å². The van der Waals surface area contributed by atoms with E-state index < -0.39 is 5.91 Å². The molecule has 2 amide bonds. The molecule has 0 radical (unpaired) electrons. The summed E-state index contributed by atoms with van der Waals surface area (Å²) in [4.78, 5) is 31.2. The number of likely N-dealkylation sites (tertiary alicyclic amines) is 1. The van der Waals surface area contributed by atoms with Crippen molar-refractivity contribution in [2.75, 3.05) is 13.1 Å². The number of ether oxygens (including phenoxy) is 1. The number of benzene rings is 1. The fourth-order valence-corrected chi connectivity index (χ4v) is 4.38. The number of aryl methyl sites for hydroxylation is 2. The third-order valence-corrected chi connectivity index (χ3v) is 5.93. The maximum absolute atomic E-state index is 12.9. The van der Waals surface area contributed by atoms with E-state index in [9.17, 15) is 9.59 Å². The molecule has 1 fully saturated rings. The summed E-state index contributed by atoms with van der Waals surface area (Å²) in [7, 11) is 0. The van der Waals surface area contributed by atoms with Crippen molar-refractivity contribution < 1.29 is 14.3 Å². The fraction of sp³-hybridized carbons (Fsp3) is 0.421.